The molecule has 0 radical (unpaired) electrons. The average molecular weight is 228 g/mol. The number of hydrogen-bond donors (Lipinski definition) is 2. The van der Waals surface area contributed by atoms with Crippen molar-refractivity contribution in [1.29, 1.82) is 0 Å². The van der Waals surface area contributed by atoms with Gasteiger partial charge in [-0.1, -0.05) is 26.2 Å². The maximum absolute atomic E-state index is 11.3. The van der Waals surface area contributed by atoms with E-state index in [1.54, 1.807) is 4.90 Å². The van der Waals surface area contributed by atoms with E-state index in [9.17, 15) is 9.90 Å². The molecular weight excluding hydrogens is 204 g/mol. The topological polar surface area (TPSA) is 52.6 Å². The van der Waals surface area contributed by atoms with Gasteiger partial charge in [-0.05, 0) is 26.3 Å². The van der Waals surface area contributed by atoms with Crippen molar-refractivity contribution in [3.63, 3.8) is 0 Å². The van der Waals surface area contributed by atoms with Gasteiger partial charge in [-0.25, -0.2) is 4.79 Å². The van der Waals surface area contributed by atoms with Gasteiger partial charge in [-0.2, -0.15) is 0 Å². The Balaban J connectivity index is 2.54. The zero-order valence-corrected chi connectivity index (χ0v) is 10.4. The van der Waals surface area contributed by atoms with Gasteiger partial charge >= 0.3 is 6.09 Å². The molecule has 1 aliphatic rings. The van der Waals surface area contributed by atoms with Crippen LogP contribution in [0.5, 0.6) is 0 Å². The molecule has 0 aromatic heterocycles. The molecule has 1 amide bonds. The summed E-state index contributed by atoms with van der Waals surface area (Å²) < 4.78 is 0. The Bertz CT molecular complexity index is 215. The van der Waals surface area contributed by atoms with Crippen molar-refractivity contribution in [3.05, 3.63) is 0 Å². The minimum Gasteiger partial charge on any atom is -0.465 e. The van der Waals surface area contributed by atoms with E-state index in [1.807, 2.05) is 13.8 Å². The van der Waals surface area contributed by atoms with E-state index in [4.69, 9.17) is 0 Å². The number of carboxylic acid groups (broad SMARTS) is 1. The van der Waals surface area contributed by atoms with Gasteiger partial charge < -0.3 is 15.3 Å². The van der Waals surface area contributed by atoms with E-state index in [0.717, 1.165) is 25.9 Å². The highest BCUT2D eigenvalue weighted by atomic mass is 16.4. The van der Waals surface area contributed by atoms with E-state index >= 15 is 0 Å². The Morgan fingerprint density at radius 2 is 2.06 bits per heavy atom. The lowest BCUT2D eigenvalue weighted by molar-refractivity contribution is 0.0882. The Morgan fingerprint density at radius 3 is 2.56 bits per heavy atom. The summed E-state index contributed by atoms with van der Waals surface area (Å²) in [7, 11) is 0. The highest BCUT2D eigenvalue weighted by molar-refractivity contribution is 5.66. The average Bonchev–Trinajstić information content (AvgIpc) is 2.27. The molecule has 2 N–H and O–H groups in total. The molecule has 1 saturated carbocycles. The molecule has 1 fully saturated rings. The van der Waals surface area contributed by atoms with Gasteiger partial charge in [0, 0.05) is 18.6 Å². The maximum Gasteiger partial charge on any atom is 0.407 e. The first-order chi connectivity index (χ1) is 7.66. The summed E-state index contributed by atoms with van der Waals surface area (Å²) in [5.74, 6) is 0. The van der Waals surface area contributed by atoms with Gasteiger partial charge in [0.1, 0.15) is 0 Å². The SMILES string of the molecule is CCNCC(C)N(C(=O)O)C1CCCCC1. The van der Waals surface area contributed by atoms with Crippen molar-refractivity contribution < 1.29 is 9.90 Å². The Morgan fingerprint density at radius 1 is 1.44 bits per heavy atom. The van der Waals surface area contributed by atoms with E-state index < -0.39 is 6.09 Å². The molecule has 1 rings (SSSR count). The van der Waals surface area contributed by atoms with Crippen LogP contribution in [0.15, 0.2) is 0 Å². The zero-order chi connectivity index (χ0) is 12.0. The molecule has 0 bridgehead atoms. The quantitative estimate of drug-likeness (QED) is 0.759. The van der Waals surface area contributed by atoms with Crippen LogP contribution in [-0.2, 0) is 0 Å². The van der Waals surface area contributed by atoms with Gasteiger partial charge in [0.15, 0.2) is 0 Å². The second-order valence-corrected chi connectivity index (χ2v) is 4.64. The van der Waals surface area contributed by atoms with Crippen LogP contribution in [0.4, 0.5) is 4.79 Å². The Hall–Kier alpha value is -0.770. The normalized spacial score (nSPS) is 19.4. The number of hydrogen-bond acceptors (Lipinski definition) is 2. The molecule has 0 aliphatic heterocycles. The smallest absolute Gasteiger partial charge is 0.407 e. The fourth-order valence-corrected chi connectivity index (χ4v) is 2.52. The van der Waals surface area contributed by atoms with Gasteiger partial charge in [0.05, 0.1) is 0 Å². The summed E-state index contributed by atoms with van der Waals surface area (Å²) in [4.78, 5) is 13.0. The highest BCUT2D eigenvalue weighted by Crippen LogP contribution is 2.24. The lowest BCUT2D eigenvalue weighted by Crippen LogP contribution is -2.49. The summed E-state index contributed by atoms with van der Waals surface area (Å²) >= 11 is 0. The molecule has 4 heteroatoms. The van der Waals surface area contributed by atoms with Crippen LogP contribution in [-0.4, -0.2) is 41.3 Å². The fraction of sp³-hybridized carbons (Fsp3) is 0.917. The first kappa shape index (κ1) is 13.3. The van der Waals surface area contributed by atoms with E-state index in [-0.39, 0.29) is 12.1 Å². The molecule has 1 unspecified atom stereocenters. The molecule has 94 valence electrons. The fourth-order valence-electron chi connectivity index (χ4n) is 2.52. The summed E-state index contributed by atoms with van der Waals surface area (Å²) in [6.07, 6.45) is 4.89. The Kier molecular flexibility index (Phi) is 5.60. The molecule has 16 heavy (non-hydrogen) atoms. The summed E-state index contributed by atoms with van der Waals surface area (Å²) in [6.45, 7) is 5.67. The number of rotatable bonds is 5. The molecule has 1 atom stereocenters. The van der Waals surface area contributed by atoms with E-state index in [0.29, 0.717) is 0 Å². The van der Waals surface area contributed by atoms with Crippen LogP contribution < -0.4 is 5.32 Å². The third-order valence-electron chi connectivity index (χ3n) is 3.35. The van der Waals surface area contributed by atoms with Crippen LogP contribution >= 0.6 is 0 Å². The van der Waals surface area contributed by atoms with Gasteiger partial charge in [0.2, 0.25) is 0 Å². The minimum atomic E-state index is -0.766. The van der Waals surface area contributed by atoms with Gasteiger partial charge in [-0.3, -0.25) is 0 Å². The molecular formula is C12H24N2O2. The van der Waals surface area contributed by atoms with Crippen molar-refractivity contribution in [2.45, 2.75) is 58.0 Å². The third-order valence-corrected chi connectivity index (χ3v) is 3.35. The first-order valence-electron chi connectivity index (χ1n) is 6.38. The largest absolute Gasteiger partial charge is 0.465 e. The summed E-state index contributed by atoms with van der Waals surface area (Å²) in [6, 6.07) is 0.306. The lowest BCUT2D eigenvalue weighted by Gasteiger charge is -2.36. The molecule has 0 spiro atoms. The van der Waals surface area contributed by atoms with Gasteiger partial charge in [-0.15, -0.1) is 0 Å². The lowest BCUT2D eigenvalue weighted by atomic mass is 9.93. The second-order valence-electron chi connectivity index (χ2n) is 4.64. The number of nitrogens with zero attached hydrogens (tertiary/aromatic N) is 1. The molecule has 0 aromatic carbocycles. The maximum atomic E-state index is 11.3. The van der Waals surface area contributed by atoms with Crippen LogP contribution in [0, 0.1) is 0 Å². The summed E-state index contributed by atoms with van der Waals surface area (Å²) in [5.41, 5.74) is 0. The highest BCUT2D eigenvalue weighted by Gasteiger charge is 2.28. The van der Waals surface area contributed by atoms with E-state index in [1.165, 1.54) is 19.3 Å². The van der Waals surface area contributed by atoms with Crippen molar-refractivity contribution in [2.75, 3.05) is 13.1 Å². The van der Waals surface area contributed by atoms with Crippen LogP contribution in [0.1, 0.15) is 46.0 Å². The second kappa shape index (κ2) is 6.74. The summed E-state index contributed by atoms with van der Waals surface area (Å²) in [5, 5.41) is 12.5. The molecule has 0 aromatic rings. The van der Waals surface area contributed by atoms with Gasteiger partial charge in [0.25, 0.3) is 0 Å². The third kappa shape index (κ3) is 3.67. The predicted octanol–water partition coefficient (Wildman–Crippen LogP) is 2.30. The van der Waals surface area contributed by atoms with Crippen molar-refractivity contribution >= 4 is 6.09 Å². The van der Waals surface area contributed by atoms with Crippen molar-refractivity contribution in [2.24, 2.45) is 0 Å². The number of nitrogens with one attached hydrogen (secondary N) is 1. The molecule has 4 nitrogen and oxygen atoms in total. The number of likely N-dealkylation sites (N-methyl/N-ethyl adjacent to an activating group) is 1. The molecule has 0 saturated heterocycles. The standard InChI is InChI=1S/C12H24N2O2/c1-3-13-9-10(2)14(12(15)16)11-7-5-4-6-8-11/h10-11,13H,3-9H2,1-2H3,(H,15,16). The molecule has 1 aliphatic carbocycles. The predicted molar refractivity (Wildman–Crippen MR) is 64.7 cm³/mol. The minimum absolute atomic E-state index is 0.0700. The number of amides is 1. The molecule has 0 heterocycles. The van der Waals surface area contributed by atoms with Crippen molar-refractivity contribution in [3.8, 4) is 0 Å². The van der Waals surface area contributed by atoms with Crippen molar-refractivity contribution in [1.82, 2.24) is 10.2 Å². The van der Waals surface area contributed by atoms with Crippen LogP contribution in [0.25, 0.3) is 0 Å². The van der Waals surface area contributed by atoms with Crippen LogP contribution in [0.2, 0.25) is 0 Å². The zero-order valence-electron chi connectivity index (χ0n) is 10.4. The van der Waals surface area contributed by atoms with E-state index in [2.05, 4.69) is 5.32 Å². The van der Waals surface area contributed by atoms with Crippen LogP contribution in [0.3, 0.4) is 0 Å². The first-order valence-corrected chi connectivity index (χ1v) is 6.38. The number of carbonyl (C=O) groups is 1. The monoisotopic (exact) mass is 228 g/mol. The Labute approximate surface area is 98.0 Å².